The maximum absolute atomic E-state index is 12.7. The average Bonchev–Trinajstić information content (AvgIpc) is 2.01. The Bertz CT molecular complexity index is 314. The first kappa shape index (κ1) is 10.3. The van der Waals surface area contributed by atoms with Gasteiger partial charge in [0.05, 0.1) is 0 Å². The van der Waals surface area contributed by atoms with Crippen molar-refractivity contribution in [3.8, 4) is 0 Å². The van der Waals surface area contributed by atoms with E-state index in [0.29, 0.717) is 0 Å². The second-order valence-corrected chi connectivity index (χ2v) is 3.57. The van der Waals surface area contributed by atoms with Gasteiger partial charge in [-0.05, 0) is 11.2 Å². The third kappa shape index (κ3) is 1.78. The van der Waals surface area contributed by atoms with Crippen molar-refractivity contribution in [3.63, 3.8) is 0 Å². The molecule has 0 fully saturated rings. The number of benzene rings is 1. The Morgan fingerprint density at radius 3 is 1.77 bits per heavy atom. The molecule has 0 radical (unpaired) electrons. The van der Waals surface area contributed by atoms with E-state index in [2.05, 4.69) is 0 Å². The van der Waals surface area contributed by atoms with Crippen LogP contribution in [0.5, 0.6) is 0 Å². The van der Waals surface area contributed by atoms with Crippen LogP contribution in [0.2, 0.25) is 0 Å². The summed E-state index contributed by atoms with van der Waals surface area (Å²) in [6, 6.07) is 0.0705. The highest BCUT2D eigenvalue weighted by molar-refractivity contribution is 7.90. The van der Waals surface area contributed by atoms with Gasteiger partial charge in [-0.15, -0.1) is 0 Å². The molecule has 0 amide bonds. The lowest BCUT2D eigenvalue weighted by Gasteiger charge is -2.07. The van der Waals surface area contributed by atoms with Crippen LogP contribution in [0.4, 0.5) is 17.6 Å². The SMILES string of the molecule is C[S+]([O-])c1c(F)c(F)cc(F)c1F. The molecule has 0 aromatic heterocycles. The van der Waals surface area contributed by atoms with E-state index >= 15 is 0 Å². The molecule has 1 atom stereocenters. The molecule has 0 aliphatic rings. The highest BCUT2D eigenvalue weighted by atomic mass is 32.2. The van der Waals surface area contributed by atoms with Crippen molar-refractivity contribution in [2.24, 2.45) is 0 Å². The standard InChI is InChI=1S/C7H4F4OS/c1-13(12)7-5(10)3(8)2-4(9)6(7)11/h2H,1H3. The molecule has 0 aliphatic carbocycles. The van der Waals surface area contributed by atoms with Gasteiger partial charge in [0.25, 0.3) is 0 Å². The molecule has 1 aromatic carbocycles. The Morgan fingerprint density at radius 1 is 1.08 bits per heavy atom. The predicted molar refractivity (Wildman–Crippen MR) is 38.6 cm³/mol. The van der Waals surface area contributed by atoms with Gasteiger partial charge < -0.3 is 4.55 Å². The molecule has 1 nitrogen and oxygen atoms in total. The van der Waals surface area contributed by atoms with Crippen molar-refractivity contribution < 1.29 is 22.1 Å². The molecule has 13 heavy (non-hydrogen) atoms. The minimum Gasteiger partial charge on any atom is -0.611 e. The van der Waals surface area contributed by atoms with E-state index in [1.165, 1.54) is 0 Å². The van der Waals surface area contributed by atoms with Crippen LogP contribution in [0.15, 0.2) is 11.0 Å². The Kier molecular flexibility index (Phi) is 2.82. The lowest BCUT2D eigenvalue weighted by Crippen LogP contribution is -2.08. The lowest BCUT2D eigenvalue weighted by atomic mass is 10.3. The number of rotatable bonds is 1. The maximum Gasteiger partial charge on any atom is 0.229 e. The predicted octanol–water partition coefficient (Wildman–Crippen LogP) is 1.98. The van der Waals surface area contributed by atoms with Crippen LogP contribution >= 0.6 is 0 Å². The van der Waals surface area contributed by atoms with Crippen molar-refractivity contribution >= 4 is 11.2 Å². The summed E-state index contributed by atoms with van der Waals surface area (Å²) in [6.45, 7) is 0. The lowest BCUT2D eigenvalue weighted by molar-refractivity contribution is 0.420. The molecule has 0 bridgehead atoms. The molecule has 1 unspecified atom stereocenters. The average molecular weight is 212 g/mol. The van der Waals surface area contributed by atoms with Crippen LogP contribution in [-0.4, -0.2) is 10.8 Å². The highest BCUT2D eigenvalue weighted by Crippen LogP contribution is 2.23. The van der Waals surface area contributed by atoms with Crippen molar-refractivity contribution in [1.82, 2.24) is 0 Å². The summed E-state index contributed by atoms with van der Waals surface area (Å²) < 4.78 is 61.1. The van der Waals surface area contributed by atoms with Gasteiger partial charge in [-0.3, -0.25) is 0 Å². The van der Waals surface area contributed by atoms with E-state index in [0.717, 1.165) is 6.26 Å². The Balaban J connectivity index is 3.46. The largest absolute Gasteiger partial charge is 0.611 e. The second-order valence-electron chi connectivity index (χ2n) is 2.25. The molecule has 0 spiro atoms. The monoisotopic (exact) mass is 212 g/mol. The van der Waals surface area contributed by atoms with Crippen LogP contribution in [-0.2, 0) is 11.2 Å². The zero-order chi connectivity index (χ0) is 10.2. The molecule has 0 saturated heterocycles. The van der Waals surface area contributed by atoms with Gasteiger partial charge in [0, 0.05) is 6.07 Å². The summed E-state index contributed by atoms with van der Waals surface area (Å²) >= 11 is -2.10. The summed E-state index contributed by atoms with van der Waals surface area (Å²) in [4.78, 5) is -1.07. The van der Waals surface area contributed by atoms with E-state index in [4.69, 9.17) is 0 Å². The van der Waals surface area contributed by atoms with Crippen LogP contribution in [0, 0.1) is 23.3 Å². The number of halogens is 4. The molecular weight excluding hydrogens is 208 g/mol. The minimum absolute atomic E-state index is 0.0705. The van der Waals surface area contributed by atoms with Gasteiger partial charge in [-0.2, -0.15) is 8.78 Å². The molecule has 0 aliphatic heterocycles. The van der Waals surface area contributed by atoms with Crippen LogP contribution < -0.4 is 0 Å². The zero-order valence-electron chi connectivity index (χ0n) is 6.41. The Labute approximate surface area is 74.6 Å². The number of hydrogen-bond donors (Lipinski definition) is 0. The van der Waals surface area contributed by atoms with E-state index in [9.17, 15) is 22.1 Å². The van der Waals surface area contributed by atoms with Crippen LogP contribution in [0.3, 0.4) is 0 Å². The fraction of sp³-hybridized carbons (Fsp3) is 0.143. The second kappa shape index (κ2) is 3.55. The van der Waals surface area contributed by atoms with E-state index < -0.39 is 39.3 Å². The van der Waals surface area contributed by atoms with Crippen molar-refractivity contribution in [3.05, 3.63) is 29.3 Å². The maximum atomic E-state index is 12.7. The summed E-state index contributed by atoms with van der Waals surface area (Å²) in [5.74, 6) is -6.33. The van der Waals surface area contributed by atoms with Crippen LogP contribution in [0.25, 0.3) is 0 Å². The van der Waals surface area contributed by atoms with Crippen molar-refractivity contribution in [2.75, 3.05) is 6.26 Å². The smallest absolute Gasteiger partial charge is 0.229 e. The van der Waals surface area contributed by atoms with Crippen molar-refractivity contribution in [1.29, 1.82) is 0 Å². The first-order valence-electron chi connectivity index (χ1n) is 3.11. The first-order chi connectivity index (χ1) is 5.95. The fourth-order valence-electron chi connectivity index (χ4n) is 0.804. The van der Waals surface area contributed by atoms with Gasteiger partial charge in [0.1, 0.15) is 6.26 Å². The van der Waals surface area contributed by atoms with Gasteiger partial charge >= 0.3 is 0 Å². The molecular formula is C7H4F4OS. The summed E-state index contributed by atoms with van der Waals surface area (Å²) in [7, 11) is 0. The third-order valence-corrected chi connectivity index (χ3v) is 2.29. The van der Waals surface area contributed by atoms with Crippen LogP contribution in [0.1, 0.15) is 0 Å². The van der Waals surface area contributed by atoms with Gasteiger partial charge in [-0.1, -0.05) is 0 Å². The van der Waals surface area contributed by atoms with Crippen molar-refractivity contribution in [2.45, 2.75) is 4.90 Å². The fourth-order valence-corrected chi connectivity index (χ4v) is 1.50. The molecule has 1 rings (SSSR count). The molecule has 72 valence electrons. The molecule has 0 N–H and O–H groups in total. The topological polar surface area (TPSA) is 23.1 Å². The van der Waals surface area contributed by atoms with Gasteiger partial charge in [-0.25, -0.2) is 8.78 Å². The normalized spacial score (nSPS) is 13.1. The summed E-state index contributed by atoms with van der Waals surface area (Å²) in [6.07, 6.45) is 0.931. The van der Waals surface area contributed by atoms with E-state index in [1.54, 1.807) is 0 Å². The van der Waals surface area contributed by atoms with E-state index in [-0.39, 0.29) is 6.07 Å². The summed E-state index contributed by atoms with van der Waals surface area (Å²) in [5.41, 5.74) is 0. The quantitative estimate of drug-likeness (QED) is 0.396. The highest BCUT2D eigenvalue weighted by Gasteiger charge is 2.26. The minimum atomic E-state index is -2.10. The Morgan fingerprint density at radius 2 is 1.46 bits per heavy atom. The molecule has 0 heterocycles. The first-order valence-corrected chi connectivity index (χ1v) is 4.67. The molecule has 6 heteroatoms. The Hall–Kier alpha value is -0.750. The van der Waals surface area contributed by atoms with E-state index in [1.807, 2.05) is 0 Å². The molecule has 1 aromatic rings. The zero-order valence-corrected chi connectivity index (χ0v) is 7.22. The molecule has 0 saturated carbocycles. The summed E-state index contributed by atoms with van der Waals surface area (Å²) in [5, 5.41) is 0. The van der Waals surface area contributed by atoms with Gasteiger partial charge in [0.15, 0.2) is 11.6 Å². The number of hydrogen-bond acceptors (Lipinski definition) is 1. The van der Waals surface area contributed by atoms with Gasteiger partial charge in [0.2, 0.25) is 16.5 Å². The third-order valence-electron chi connectivity index (χ3n) is 1.36.